The second-order valence-corrected chi connectivity index (χ2v) is 6.90. The van der Waals surface area contributed by atoms with Gasteiger partial charge in [0.2, 0.25) is 0 Å². The highest BCUT2D eigenvalue weighted by Gasteiger charge is 2.10. The maximum Gasteiger partial charge on any atom is 0.316 e. The molecule has 3 aromatic carbocycles. The van der Waals surface area contributed by atoms with Gasteiger partial charge >= 0.3 is 6.03 Å². The van der Waals surface area contributed by atoms with Crippen molar-refractivity contribution < 1.29 is 9.53 Å². The minimum Gasteiger partial charge on any atom is -0.457 e. The summed E-state index contributed by atoms with van der Waals surface area (Å²) < 4.78 is 6.16. The minimum absolute atomic E-state index is 0.105. The van der Waals surface area contributed by atoms with Crippen LogP contribution in [0.15, 0.2) is 85.1 Å². The number of pyridine rings is 1. The van der Waals surface area contributed by atoms with Gasteiger partial charge in [-0.25, -0.2) is 9.78 Å². The summed E-state index contributed by atoms with van der Waals surface area (Å²) in [4.78, 5) is 15.7. The van der Waals surface area contributed by atoms with Crippen molar-refractivity contribution in [2.45, 2.75) is 13.0 Å². The number of anilines is 2. The van der Waals surface area contributed by atoms with E-state index < -0.39 is 6.03 Å². The lowest BCUT2D eigenvalue weighted by Crippen LogP contribution is -2.19. The number of nitrogens with one attached hydrogen (secondary N) is 2. The van der Waals surface area contributed by atoms with Crippen LogP contribution in [0, 0.1) is 0 Å². The quantitative estimate of drug-likeness (QED) is 0.389. The average molecular weight is 398 g/mol. The zero-order chi connectivity index (χ0) is 20.9. The summed E-state index contributed by atoms with van der Waals surface area (Å²) >= 11 is 0. The molecule has 6 nitrogen and oxygen atoms in total. The van der Waals surface area contributed by atoms with Crippen LogP contribution in [0.4, 0.5) is 16.3 Å². The van der Waals surface area contributed by atoms with E-state index in [0.29, 0.717) is 17.2 Å². The molecule has 150 valence electrons. The Hall–Kier alpha value is -4.06. The van der Waals surface area contributed by atoms with Crippen molar-refractivity contribution in [1.82, 2.24) is 4.98 Å². The minimum atomic E-state index is -0.605. The molecule has 1 heterocycles. The van der Waals surface area contributed by atoms with E-state index in [9.17, 15) is 4.79 Å². The molecule has 0 saturated heterocycles. The third kappa shape index (κ3) is 4.33. The predicted molar refractivity (Wildman–Crippen MR) is 120 cm³/mol. The fraction of sp³-hybridized carbons (Fsp3) is 0.0833. The Morgan fingerprint density at radius 2 is 1.70 bits per heavy atom. The second-order valence-electron chi connectivity index (χ2n) is 6.90. The van der Waals surface area contributed by atoms with Gasteiger partial charge in [-0.3, -0.25) is 0 Å². The van der Waals surface area contributed by atoms with Crippen molar-refractivity contribution in [3.63, 3.8) is 0 Å². The summed E-state index contributed by atoms with van der Waals surface area (Å²) in [6.45, 7) is 2.09. The van der Waals surface area contributed by atoms with E-state index >= 15 is 0 Å². The molecule has 0 radical (unpaired) electrons. The highest BCUT2D eigenvalue weighted by atomic mass is 16.5. The fourth-order valence-electron chi connectivity index (χ4n) is 3.33. The zero-order valence-corrected chi connectivity index (χ0v) is 16.5. The van der Waals surface area contributed by atoms with Crippen LogP contribution in [-0.2, 0) is 0 Å². The first-order chi connectivity index (χ1) is 14.6. The van der Waals surface area contributed by atoms with Crippen LogP contribution in [0.25, 0.3) is 10.8 Å². The molecule has 0 bridgehead atoms. The van der Waals surface area contributed by atoms with Crippen molar-refractivity contribution in [2.24, 2.45) is 5.73 Å². The molecule has 1 atom stereocenters. The fourth-order valence-corrected chi connectivity index (χ4v) is 3.33. The summed E-state index contributed by atoms with van der Waals surface area (Å²) in [6.07, 6.45) is 1.71. The standard InChI is InChI=1S/C24H22N4O2/c1-16(17-7-3-2-4-8-17)27-23-15-18(13-14-26-23)30-22-12-11-21(28-24(25)29)19-9-5-6-10-20(19)22/h2-16H,1H3,(H,26,27)(H3,25,28,29). The highest BCUT2D eigenvalue weighted by Crippen LogP contribution is 2.35. The largest absolute Gasteiger partial charge is 0.457 e. The van der Waals surface area contributed by atoms with Crippen LogP contribution in [0.3, 0.4) is 0 Å². The van der Waals surface area contributed by atoms with Gasteiger partial charge in [-0.15, -0.1) is 0 Å². The van der Waals surface area contributed by atoms with E-state index in [0.717, 1.165) is 16.6 Å². The first-order valence-corrected chi connectivity index (χ1v) is 9.64. The molecule has 2 amide bonds. The highest BCUT2D eigenvalue weighted by molar-refractivity contribution is 6.03. The van der Waals surface area contributed by atoms with Crippen LogP contribution in [0.2, 0.25) is 0 Å². The number of primary amides is 1. The molecular formula is C24H22N4O2. The summed E-state index contributed by atoms with van der Waals surface area (Å²) in [6, 6.07) is 24.6. The topological polar surface area (TPSA) is 89.3 Å². The van der Waals surface area contributed by atoms with Crippen LogP contribution < -0.4 is 21.1 Å². The number of urea groups is 1. The van der Waals surface area contributed by atoms with E-state index in [1.165, 1.54) is 5.56 Å². The van der Waals surface area contributed by atoms with E-state index in [2.05, 4.69) is 34.7 Å². The summed E-state index contributed by atoms with van der Waals surface area (Å²) in [5, 5.41) is 7.76. The Kier molecular flexibility index (Phi) is 5.48. The van der Waals surface area contributed by atoms with Gasteiger partial charge < -0.3 is 21.1 Å². The number of amides is 2. The van der Waals surface area contributed by atoms with E-state index in [-0.39, 0.29) is 6.04 Å². The van der Waals surface area contributed by atoms with Gasteiger partial charge in [0.05, 0.1) is 5.69 Å². The van der Waals surface area contributed by atoms with Crippen LogP contribution in [0.1, 0.15) is 18.5 Å². The number of hydrogen-bond acceptors (Lipinski definition) is 4. The molecule has 0 aliphatic rings. The molecule has 0 spiro atoms. The molecule has 0 aliphatic carbocycles. The van der Waals surface area contributed by atoms with E-state index in [1.807, 2.05) is 60.7 Å². The smallest absolute Gasteiger partial charge is 0.316 e. The molecule has 6 heteroatoms. The Bertz CT molecular complexity index is 1180. The molecule has 30 heavy (non-hydrogen) atoms. The van der Waals surface area contributed by atoms with Crippen LogP contribution in [-0.4, -0.2) is 11.0 Å². The Morgan fingerprint density at radius 3 is 2.47 bits per heavy atom. The maximum absolute atomic E-state index is 11.3. The summed E-state index contributed by atoms with van der Waals surface area (Å²) in [5.74, 6) is 2.06. The molecule has 4 aromatic rings. The zero-order valence-electron chi connectivity index (χ0n) is 16.5. The molecule has 0 aliphatic heterocycles. The van der Waals surface area contributed by atoms with Crippen LogP contribution in [0.5, 0.6) is 11.5 Å². The Morgan fingerprint density at radius 1 is 0.967 bits per heavy atom. The molecule has 0 saturated carbocycles. The normalized spacial score (nSPS) is 11.6. The number of ether oxygens (including phenoxy) is 1. The molecule has 1 unspecified atom stereocenters. The lowest BCUT2D eigenvalue weighted by atomic mass is 10.1. The lowest BCUT2D eigenvalue weighted by Gasteiger charge is -2.16. The summed E-state index contributed by atoms with van der Waals surface area (Å²) in [7, 11) is 0. The van der Waals surface area contributed by atoms with Gasteiger partial charge in [-0.2, -0.15) is 0 Å². The predicted octanol–water partition coefficient (Wildman–Crippen LogP) is 5.69. The molecule has 4 rings (SSSR count). The van der Waals surface area contributed by atoms with Crippen molar-refractivity contribution in [3.05, 3.63) is 90.6 Å². The number of fused-ring (bicyclic) bond motifs is 1. The van der Waals surface area contributed by atoms with Gasteiger partial charge in [0.15, 0.2) is 0 Å². The molecule has 1 aromatic heterocycles. The third-order valence-corrected chi connectivity index (χ3v) is 4.77. The number of aromatic nitrogens is 1. The number of nitrogens with zero attached hydrogens (tertiary/aromatic N) is 1. The average Bonchev–Trinajstić information content (AvgIpc) is 2.76. The molecule has 0 fully saturated rings. The van der Waals surface area contributed by atoms with Gasteiger partial charge in [-0.1, -0.05) is 54.6 Å². The van der Waals surface area contributed by atoms with Gasteiger partial charge in [0.1, 0.15) is 17.3 Å². The Labute approximate surface area is 174 Å². The number of nitrogens with two attached hydrogens (primary N) is 1. The molecule has 4 N–H and O–H groups in total. The van der Waals surface area contributed by atoms with E-state index in [4.69, 9.17) is 10.5 Å². The lowest BCUT2D eigenvalue weighted by molar-refractivity contribution is 0.259. The number of benzene rings is 3. The maximum atomic E-state index is 11.3. The summed E-state index contributed by atoms with van der Waals surface area (Å²) in [5.41, 5.74) is 7.09. The molecular weight excluding hydrogens is 376 g/mol. The van der Waals surface area contributed by atoms with Crippen molar-refractivity contribution in [3.8, 4) is 11.5 Å². The Balaban J connectivity index is 1.59. The van der Waals surface area contributed by atoms with Crippen LogP contribution >= 0.6 is 0 Å². The van der Waals surface area contributed by atoms with Crippen molar-refractivity contribution in [2.75, 3.05) is 10.6 Å². The number of carbonyl (C=O) groups excluding carboxylic acids is 1. The second kappa shape index (κ2) is 8.53. The van der Waals surface area contributed by atoms with Crippen molar-refractivity contribution in [1.29, 1.82) is 0 Å². The number of hydrogen-bond donors (Lipinski definition) is 3. The van der Waals surface area contributed by atoms with Gasteiger partial charge in [-0.05, 0) is 30.7 Å². The van der Waals surface area contributed by atoms with E-state index in [1.54, 1.807) is 12.3 Å². The third-order valence-electron chi connectivity index (χ3n) is 4.77. The monoisotopic (exact) mass is 398 g/mol. The van der Waals surface area contributed by atoms with Crippen molar-refractivity contribution >= 4 is 28.3 Å². The number of carbonyl (C=O) groups is 1. The first-order valence-electron chi connectivity index (χ1n) is 9.64. The SMILES string of the molecule is CC(Nc1cc(Oc2ccc(NC(N)=O)c3ccccc23)ccn1)c1ccccc1. The number of rotatable bonds is 6. The first kappa shape index (κ1) is 19.3. The van der Waals surface area contributed by atoms with Gasteiger partial charge in [0, 0.05) is 29.1 Å². The van der Waals surface area contributed by atoms with Gasteiger partial charge in [0.25, 0.3) is 0 Å².